The highest BCUT2D eigenvalue weighted by molar-refractivity contribution is 5.71. The number of piperazine rings is 1. The average molecular weight is 234 g/mol. The maximum atomic E-state index is 12.0. The molecule has 6 heteroatoms. The Hall–Kier alpha value is -1.69. The minimum atomic E-state index is -0.294. The Morgan fingerprint density at radius 1 is 1.41 bits per heavy atom. The van der Waals surface area contributed by atoms with Crippen LogP contribution in [0.15, 0.2) is 18.6 Å². The Kier molecular flexibility index (Phi) is 2.64. The van der Waals surface area contributed by atoms with Gasteiger partial charge in [-0.1, -0.05) is 0 Å². The van der Waals surface area contributed by atoms with Crippen LogP contribution >= 0.6 is 0 Å². The number of rotatable bonds is 1. The van der Waals surface area contributed by atoms with Gasteiger partial charge in [0.1, 0.15) is 6.33 Å². The molecule has 1 aromatic rings. The van der Waals surface area contributed by atoms with E-state index in [1.807, 2.05) is 4.90 Å². The summed E-state index contributed by atoms with van der Waals surface area (Å²) >= 11 is 0. The van der Waals surface area contributed by atoms with Gasteiger partial charge in [-0.2, -0.15) is 0 Å². The lowest BCUT2D eigenvalue weighted by atomic mass is 10.2. The summed E-state index contributed by atoms with van der Waals surface area (Å²) in [6.07, 6.45) is 4.74. The van der Waals surface area contributed by atoms with Crippen molar-refractivity contribution in [3.63, 3.8) is 0 Å². The van der Waals surface area contributed by atoms with Crippen molar-refractivity contribution in [2.75, 3.05) is 13.1 Å². The number of nitrogens with one attached hydrogen (secondary N) is 1. The molecule has 2 bridgehead atoms. The second-order valence-electron chi connectivity index (χ2n) is 4.37. The van der Waals surface area contributed by atoms with Gasteiger partial charge in [0.05, 0.1) is 0 Å². The van der Waals surface area contributed by atoms with E-state index in [2.05, 4.69) is 15.3 Å². The first-order valence-corrected chi connectivity index (χ1v) is 5.81. The van der Waals surface area contributed by atoms with Crippen molar-refractivity contribution in [1.82, 2.24) is 20.2 Å². The Balaban J connectivity index is 1.71. The molecule has 90 valence electrons. The molecule has 2 aliphatic rings. The molecule has 3 heterocycles. The van der Waals surface area contributed by atoms with E-state index >= 15 is 0 Å². The minimum Gasteiger partial charge on any atom is -0.391 e. The van der Waals surface area contributed by atoms with Gasteiger partial charge in [0.2, 0.25) is 5.88 Å². The molecule has 2 unspecified atom stereocenters. The molecule has 6 nitrogen and oxygen atoms in total. The van der Waals surface area contributed by atoms with Gasteiger partial charge in [-0.05, 0) is 12.8 Å². The van der Waals surface area contributed by atoms with Crippen LogP contribution in [0.25, 0.3) is 0 Å². The standard InChI is InChI=1S/C11H14N4O2/c16-11(17-10-3-4-12-7-14-10)15-8-1-2-9(15)6-13-5-8/h3-4,7-9,13H,1-2,5-6H2. The molecule has 2 saturated heterocycles. The lowest BCUT2D eigenvalue weighted by Crippen LogP contribution is -2.55. The second kappa shape index (κ2) is 4.29. The zero-order chi connectivity index (χ0) is 11.7. The van der Waals surface area contributed by atoms with E-state index in [0.29, 0.717) is 5.88 Å². The Morgan fingerprint density at radius 2 is 2.18 bits per heavy atom. The quantitative estimate of drug-likeness (QED) is 0.762. The highest BCUT2D eigenvalue weighted by Gasteiger charge is 2.40. The Labute approximate surface area is 99.0 Å². The fraction of sp³-hybridized carbons (Fsp3) is 0.545. The lowest BCUT2D eigenvalue weighted by Gasteiger charge is -2.34. The molecule has 2 aliphatic heterocycles. The average Bonchev–Trinajstić information content (AvgIpc) is 2.61. The van der Waals surface area contributed by atoms with Crippen molar-refractivity contribution in [2.24, 2.45) is 0 Å². The predicted molar refractivity (Wildman–Crippen MR) is 59.6 cm³/mol. The van der Waals surface area contributed by atoms with Gasteiger partial charge in [0.15, 0.2) is 0 Å². The number of aromatic nitrogens is 2. The van der Waals surface area contributed by atoms with Crippen LogP contribution in [0.1, 0.15) is 12.8 Å². The van der Waals surface area contributed by atoms with Crippen molar-refractivity contribution in [3.05, 3.63) is 18.6 Å². The van der Waals surface area contributed by atoms with Crippen LogP contribution in [0.5, 0.6) is 5.88 Å². The van der Waals surface area contributed by atoms with Crippen LogP contribution in [-0.2, 0) is 0 Å². The summed E-state index contributed by atoms with van der Waals surface area (Å²) in [6.45, 7) is 1.71. The van der Waals surface area contributed by atoms with Crippen molar-refractivity contribution < 1.29 is 9.53 Å². The molecule has 1 N–H and O–H groups in total. The van der Waals surface area contributed by atoms with Crippen LogP contribution in [0, 0.1) is 0 Å². The van der Waals surface area contributed by atoms with Crippen molar-refractivity contribution in [3.8, 4) is 5.88 Å². The summed E-state index contributed by atoms with van der Waals surface area (Å²) in [6, 6.07) is 2.12. The molecule has 0 radical (unpaired) electrons. The normalized spacial score (nSPS) is 26.9. The first-order valence-electron chi connectivity index (χ1n) is 5.81. The van der Waals surface area contributed by atoms with Gasteiger partial charge < -0.3 is 10.1 Å². The molecule has 0 aromatic carbocycles. The zero-order valence-corrected chi connectivity index (χ0v) is 9.37. The van der Waals surface area contributed by atoms with E-state index in [0.717, 1.165) is 25.9 Å². The molecular formula is C11H14N4O2. The molecule has 3 rings (SSSR count). The van der Waals surface area contributed by atoms with E-state index in [4.69, 9.17) is 4.74 Å². The van der Waals surface area contributed by atoms with Gasteiger partial charge >= 0.3 is 6.09 Å². The number of hydrogen-bond acceptors (Lipinski definition) is 5. The third kappa shape index (κ3) is 1.95. The summed E-state index contributed by atoms with van der Waals surface area (Å²) in [5.41, 5.74) is 0. The number of amides is 1. The maximum Gasteiger partial charge on any atom is 0.417 e. The molecule has 0 spiro atoms. The Morgan fingerprint density at radius 3 is 2.82 bits per heavy atom. The predicted octanol–water partition coefficient (Wildman–Crippen LogP) is 0.412. The summed E-state index contributed by atoms with van der Waals surface area (Å²) in [5.74, 6) is 0.308. The number of carbonyl (C=O) groups is 1. The minimum absolute atomic E-state index is 0.267. The first kappa shape index (κ1) is 10.5. The van der Waals surface area contributed by atoms with Crippen LogP contribution in [0.4, 0.5) is 4.79 Å². The summed E-state index contributed by atoms with van der Waals surface area (Å²) < 4.78 is 5.24. The van der Waals surface area contributed by atoms with Crippen LogP contribution in [0.3, 0.4) is 0 Å². The lowest BCUT2D eigenvalue weighted by molar-refractivity contribution is 0.113. The molecule has 2 fully saturated rings. The second-order valence-corrected chi connectivity index (χ2v) is 4.37. The van der Waals surface area contributed by atoms with Gasteiger partial charge in [-0.15, -0.1) is 0 Å². The monoisotopic (exact) mass is 234 g/mol. The summed E-state index contributed by atoms with van der Waals surface area (Å²) in [5, 5.41) is 3.32. The van der Waals surface area contributed by atoms with E-state index < -0.39 is 0 Å². The summed E-state index contributed by atoms with van der Waals surface area (Å²) in [4.78, 5) is 21.6. The van der Waals surface area contributed by atoms with Crippen LogP contribution in [-0.4, -0.2) is 46.1 Å². The Bertz CT molecular complexity index is 395. The summed E-state index contributed by atoms with van der Waals surface area (Å²) in [7, 11) is 0. The molecule has 0 aliphatic carbocycles. The first-order chi connectivity index (χ1) is 8.34. The zero-order valence-electron chi connectivity index (χ0n) is 9.37. The third-order valence-electron chi connectivity index (χ3n) is 3.34. The van der Waals surface area contributed by atoms with E-state index in [1.165, 1.54) is 6.33 Å². The highest BCUT2D eigenvalue weighted by Crippen LogP contribution is 2.27. The molecular weight excluding hydrogens is 220 g/mol. The number of fused-ring (bicyclic) bond motifs is 2. The smallest absolute Gasteiger partial charge is 0.391 e. The van der Waals surface area contributed by atoms with E-state index in [-0.39, 0.29) is 18.2 Å². The van der Waals surface area contributed by atoms with Gasteiger partial charge in [0, 0.05) is 37.4 Å². The number of nitrogens with zero attached hydrogens (tertiary/aromatic N) is 3. The van der Waals surface area contributed by atoms with Crippen LogP contribution in [0.2, 0.25) is 0 Å². The fourth-order valence-electron chi connectivity index (χ4n) is 2.56. The largest absolute Gasteiger partial charge is 0.417 e. The number of hydrogen-bond donors (Lipinski definition) is 1. The van der Waals surface area contributed by atoms with Crippen molar-refractivity contribution in [2.45, 2.75) is 24.9 Å². The highest BCUT2D eigenvalue weighted by atomic mass is 16.6. The van der Waals surface area contributed by atoms with Gasteiger partial charge in [-0.3, -0.25) is 4.90 Å². The van der Waals surface area contributed by atoms with E-state index in [9.17, 15) is 4.79 Å². The van der Waals surface area contributed by atoms with E-state index in [1.54, 1.807) is 12.3 Å². The number of ether oxygens (including phenoxy) is 1. The molecule has 0 saturated carbocycles. The molecule has 1 aromatic heterocycles. The molecule has 2 atom stereocenters. The number of carbonyl (C=O) groups excluding carboxylic acids is 1. The molecule has 1 amide bonds. The van der Waals surface area contributed by atoms with Crippen molar-refractivity contribution in [1.29, 1.82) is 0 Å². The van der Waals surface area contributed by atoms with Crippen molar-refractivity contribution >= 4 is 6.09 Å². The van der Waals surface area contributed by atoms with Gasteiger partial charge in [0.25, 0.3) is 0 Å². The van der Waals surface area contributed by atoms with Crippen LogP contribution < -0.4 is 10.1 Å². The fourth-order valence-corrected chi connectivity index (χ4v) is 2.56. The topological polar surface area (TPSA) is 67.3 Å². The third-order valence-corrected chi connectivity index (χ3v) is 3.34. The maximum absolute atomic E-state index is 12.0. The SMILES string of the molecule is O=C(Oc1ccncn1)N1C2CCC1CNC2. The molecule has 17 heavy (non-hydrogen) atoms. The van der Waals surface area contributed by atoms with Gasteiger partial charge in [-0.25, -0.2) is 14.8 Å².